The number of terminal acetylenes is 1. The fourth-order valence-corrected chi connectivity index (χ4v) is 0.919. The van der Waals surface area contributed by atoms with Crippen molar-refractivity contribution in [2.75, 3.05) is 0 Å². The molecular formula is C2H7NSi2. The topological polar surface area (TPSA) is 12.0 Å². The maximum Gasteiger partial charge on any atom is 0.169 e. The van der Waals surface area contributed by atoms with E-state index in [0.717, 1.165) is 10.4 Å². The van der Waals surface area contributed by atoms with Crippen LogP contribution in [-0.4, -0.2) is 20.1 Å². The lowest BCUT2D eigenvalue weighted by atomic mass is 11.4. The van der Waals surface area contributed by atoms with E-state index >= 15 is 0 Å². The smallest absolute Gasteiger partial charge is 0.169 e. The zero-order chi connectivity index (χ0) is 4.12. The minimum absolute atomic E-state index is 0.228. The average molecular weight is 101 g/mol. The van der Waals surface area contributed by atoms with Crippen LogP contribution in [0.5, 0.6) is 0 Å². The summed E-state index contributed by atoms with van der Waals surface area (Å²) in [6.07, 6.45) is 4.91. The maximum atomic E-state index is 4.91. The molecule has 5 heavy (non-hydrogen) atoms. The zero-order valence-corrected chi connectivity index (χ0v) is 6.70. The Bertz CT molecular complexity index is 46.1. The predicted octanol–water partition coefficient (Wildman–Crippen LogP) is -2.47. The molecule has 1 N–H and O–H groups in total. The van der Waals surface area contributed by atoms with Gasteiger partial charge in [0.2, 0.25) is 0 Å². The average Bonchev–Trinajstić information content (AvgIpc) is 1.41. The minimum atomic E-state index is -0.228. The van der Waals surface area contributed by atoms with Crippen molar-refractivity contribution in [3.63, 3.8) is 0 Å². The van der Waals surface area contributed by atoms with E-state index in [1.165, 1.54) is 0 Å². The van der Waals surface area contributed by atoms with Gasteiger partial charge in [0.25, 0.3) is 0 Å². The molecule has 0 radical (unpaired) electrons. The summed E-state index contributed by atoms with van der Waals surface area (Å²) in [5.41, 5.74) is 2.58. The zero-order valence-electron chi connectivity index (χ0n) is 3.28. The van der Waals surface area contributed by atoms with E-state index in [0.29, 0.717) is 0 Å². The summed E-state index contributed by atoms with van der Waals surface area (Å²) in [5.74, 6) is 0. The predicted molar refractivity (Wildman–Crippen MR) is 30.5 cm³/mol. The van der Waals surface area contributed by atoms with Crippen LogP contribution in [0, 0.1) is 12.0 Å². The molecule has 0 heterocycles. The van der Waals surface area contributed by atoms with E-state index in [-0.39, 0.29) is 9.68 Å². The van der Waals surface area contributed by atoms with E-state index in [2.05, 4.69) is 10.2 Å². The highest BCUT2D eigenvalue weighted by Gasteiger charge is 1.60. The second kappa shape index (κ2) is 3.95. The molecule has 0 atom stereocenters. The van der Waals surface area contributed by atoms with Crippen molar-refractivity contribution < 1.29 is 0 Å². The monoisotopic (exact) mass is 101 g/mol. The van der Waals surface area contributed by atoms with E-state index in [1.54, 1.807) is 0 Å². The Morgan fingerprint density at radius 3 is 2.60 bits per heavy atom. The van der Waals surface area contributed by atoms with Gasteiger partial charge in [-0.15, -0.1) is 12.0 Å². The molecule has 0 saturated heterocycles. The van der Waals surface area contributed by atoms with Crippen LogP contribution in [0.4, 0.5) is 0 Å². The van der Waals surface area contributed by atoms with Crippen LogP contribution in [0.25, 0.3) is 0 Å². The SMILES string of the molecule is C#C[SiH2]N[SiH3]. The molecule has 0 aliphatic heterocycles. The molecule has 1 nitrogen and oxygen atoms in total. The third-order valence-corrected chi connectivity index (χ3v) is 1.90. The molecule has 0 bridgehead atoms. The molecule has 0 aliphatic rings. The van der Waals surface area contributed by atoms with Crippen molar-refractivity contribution in [1.82, 2.24) is 4.65 Å². The third-order valence-electron chi connectivity index (χ3n) is 0.279. The van der Waals surface area contributed by atoms with Gasteiger partial charge in [-0.05, 0) is 0 Å². The maximum absolute atomic E-state index is 4.91. The Morgan fingerprint density at radius 1 is 2.00 bits per heavy atom. The summed E-state index contributed by atoms with van der Waals surface area (Å²) >= 11 is 0. The minimum Gasteiger partial charge on any atom is -0.362 e. The van der Waals surface area contributed by atoms with Crippen LogP contribution in [0.3, 0.4) is 0 Å². The van der Waals surface area contributed by atoms with Gasteiger partial charge in [-0.1, -0.05) is 0 Å². The van der Waals surface area contributed by atoms with Crippen LogP contribution >= 0.6 is 0 Å². The van der Waals surface area contributed by atoms with Crippen LogP contribution < -0.4 is 4.65 Å². The van der Waals surface area contributed by atoms with Crippen LogP contribution in [0.1, 0.15) is 0 Å². The molecular weight excluding hydrogens is 94.2 g/mol. The highest BCUT2D eigenvalue weighted by molar-refractivity contribution is 6.50. The molecule has 0 saturated carbocycles. The van der Waals surface area contributed by atoms with Gasteiger partial charge < -0.3 is 4.65 Å². The molecule has 28 valence electrons. The summed E-state index contributed by atoms with van der Waals surface area (Å²) in [4.78, 5) is 0. The second-order valence-corrected chi connectivity index (χ2v) is 4.32. The highest BCUT2D eigenvalue weighted by Crippen LogP contribution is 1.30. The van der Waals surface area contributed by atoms with Gasteiger partial charge >= 0.3 is 0 Å². The van der Waals surface area contributed by atoms with Crippen molar-refractivity contribution in [3.8, 4) is 12.0 Å². The Morgan fingerprint density at radius 2 is 2.60 bits per heavy atom. The van der Waals surface area contributed by atoms with Crippen molar-refractivity contribution in [1.29, 1.82) is 0 Å². The van der Waals surface area contributed by atoms with Crippen LogP contribution in [0.2, 0.25) is 0 Å². The van der Waals surface area contributed by atoms with Crippen LogP contribution in [0.15, 0.2) is 0 Å². The molecule has 0 unspecified atom stereocenters. The van der Waals surface area contributed by atoms with Crippen molar-refractivity contribution in [3.05, 3.63) is 0 Å². The standard InChI is InChI=1S/C2H7NSi2/c1-2-5-3-4/h1,3H,5H2,4H3. The van der Waals surface area contributed by atoms with Crippen LogP contribution in [-0.2, 0) is 0 Å². The lowest BCUT2D eigenvalue weighted by molar-refractivity contribution is 1.65. The number of hydrogen-bond donors (Lipinski definition) is 1. The lowest BCUT2D eigenvalue weighted by Gasteiger charge is -1.74. The van der Waals surface area contributed by atoms with Crippen molar-refractivity contribution >= 4 is 20.1 Å². The first-order valence-electron chi connectivity index (χ1n) is 1.50. The van der Waals surface area contributed by atoms with E-state index in [1.807, 2.05) is 0 Å². The van der Waals surface area contributed by atoms with Crippen molar-refractivity contribution in [2.45, 2.75) is 0 Å². The fraction of sp³-hybridized carbons (Fsp3) is 0. The number of rotatable bonds is 1. The largest absolute Gasteiger partial charge is 0.362 e. The lowest BCUT2D eigenvalue weighted by Crippen LogP contribution is -2.11. The molecule has 0 amide bonds. The molecule has 0 aromatic rings. The quantitative estimate of drug-likeness (QED) is 0.285. The molecule has 0 spiro atoms. The Kier molecular flexibility index (Phi) is 3.92. The first-order valence-corrected chi connectivity index (χ1v) is 3.91. The fourth-order valence-electron chi connectivity index (χ4n) is 0.102. The molecule has 3 heteroatoms. The number of hydrogen-bond acceptors (Lipinski definition) is 1. The van der Waals surface area contributed by atoms with Crippen molar-refractivity contribution in [2.24, 2.45) is 0 Å². The summed E-state index contributed by atoms with van der Waals surface area (Å²) in [6.45, 7) is 0. The van der Waals surface area contributed by atoms with Gasteiger partial charge in [0.05, 0.1) is 10.4 Å². The third kappa shape index (κ3) is 3.95. The van der Waals surface area contributed by atoms with Gasteiger partial charge in [0.1, 0.15) is 0 Å². The first-order chi connectivity index (χ1) is 2.41. The normalized spacial score (nSPS) is 9.40. The summed E-state index contributed by atoms with van der Waals surface area (Å²) in [5, 5.41) is 0. The molecule has 0 rings (SSSR count). The molecule has 0 aromatic heterocycles. The summed E-state index contributed by atoms with van der Waals surface area (Å²) in [6, 6.07) is 0. The van der Waals surface area contributed by atoms with E-state index in [4.69, 9.17) is 6.42 Å². The van der Waals surface area contributed by atoms with E-state index < -0.39 is 0 Å². The second-order valence-electron chi connectivity index (χ2n) is 0.734. The Labute approximate surface area is 37.6 Å². The molecule has 0 fully saturated rings. The van der Waals surface area contributed by atoms with Gasteiger partial charge in [-0.2, -0.15) is 0 Å². The molecule has 0 aromatic carbocycles. The van der Waals surface area contributed by atoms with Gasteiger partial charge in [0, 0.05) is 0 Å². The first kappa shape index (κ1) is 4.95. The highest BCUT2D eigenvalue weighted by atomic mass is 28.3. The van der Waals surface area contributed by atoms with Gasteiger partial charge in [-0.3, -0.25) is 0 Å². The molecule has 0 aliphatic carbocycles. The summed E-state index contributed by atoms with van der Waals surface area (Å²) in [7, 11) is 0.840. The summed E-state index contributed by atoms with van der Waals surface area (Å²) < 4.78 is 3.06. The number of nitrogens with one attached hydrogen (secondary N) is 1. The Hall–Kier alpha value is -0.0462. The van der Waals surface area contributed by atoms with Gasteiger partial charge in [-0.25, -0.2) is 0 Å². The van der Waals surface area contributed by atoms with Gasteiger partial charge in [0.15, 0.2) is 9.68 Å². The Balaban J connectivity index is 2.48. The van der Waals surface area contributed by atoms with E-state index in [9.17, 15) is 0 Å².